The zero-order valence-electron chi connectivity index (χ0n) is 12.4. The maximum Gasteiger partial charge on any atom is 0.138 e. The molecule has 0 aromatic carbocycles. The highest BCUT2D eigenvalue weighted by Gasteiger charge is 2.12. The molecule has 0 aliphatic carbocycles. The molecule has 0 saturated carbocycles. The van der Waals surface area contributed by atoms with Crippen molar-refractivity contribution in [2.24, 2.45) is 0 Å². The lowest BCUT2D eigenvalue weighted by molar-refractivity contribution is 0.392. The fraction of sp³-hybridized carbons (Fsp3) is 0.500. The summed E-state index contributed by atoms with van der Waals surface area (Å²) in [4.78, 5) is 8.62. The summed E-state index contributed by atoms with van der Waals surface area (Å²) >= 11 is 0. The summed E-state index contributed by atoms with van der Waals surface area (Å²) in [5.41, 5.74) is 3.09. The predicted octanol–water partition coefficient (Wildman–Crippen LogP) is 2.69. The summed E-state index contributed by atoms with van der Waals surface area (Å²) in [6.45, 7) is 9.50. The van der Waals surface area contributed by atoms with E-state index in [1.807, 2.05) is 13.8 Å². The van der Waals surface area contributed by atoms with Gasteiger partial charge in [0.1, 0.15) is 23.7 Å². The molecule has 0 aliphatic rings. The Morgan fingerprint density at radius 1 is 1.05 bits per heavy atom. The molecule has 0 radical (unpaired) electrons. The second-order valence-electron chi connectivity index (χ2n) is 4.59. The van der Waals surface area contributed by atoms with Gasteiger partial charge in [-0.3, -0.25) is 0 Å². The number of aryl methyl sites for hydroxylation is 2. The highest BCUT2D eigenvalue weighted by molar-refractivity contribution is 5.57. The van der Waals surface area contributed by atoms with Crippen LogP contribution >= 0.6 is 0 Å². The number of nitrogens with zero attached hydrogens (tertiary/aromatic N) is 3. The maximum absolute atomic E-state index is 5.17. The first-order chi connectivity index (χ1) is 9.67. The molecule has 6 heteroatoms. The van der Waals surface area contributed by atoms with Crippen LogP contribution in [0, 0.1) is 13.8 Å². The molecule has 2 heterocycles. The highest BCUT2D eigenvalue weighted by atomic mass is 16.5. The first kappa shape index (κ1) is 14.3. The van der Waals surface area contributed by atoms with E-state index >= 15 is 0 Å². The van der Waals surface area contributed by atoms with Gasteiger partial charge in [-0.1, -0.05) is 12.1 Å². The van der Waals surface area contributed by atoms with Crippen LogP contribution in [-0.2, 0) is 13.0 Å². The van der Waals surface area contributed by atoms with E-state index in [0.717, 1.165) is 47.2 Å². The summed E-state index contributed by atoms with van der Waals surface area (Å²) in [5, 5.41) is 10.6. The molecule has 108 valence electrons. The Bertz CT molecular complexity index is 559. The van der Waals surface area contributed by atoms with Crippen LogP contribution in [0.5, 0.6) is 0 Å². The molecule has 0 saturated heterocycles. The van der Waals surface area contributed by atoms with Crippen LogP contribution < -0.4 is 10.6 Å². The van der Waals surface area contributed by atoms with Gasteiger partial charge in [0.25, 0.3) is 0 Å². The van der Waals surface area contributed by atoms with Crippen LogP contribution in [-0.4, -0.2) is 21.7 Å². The molecule has 2 rings (SSSR count). The quantitative estimate of drug-likeness (QED) is 0.844. The van der Waals surface area contributed by atoms with E-state index in [4.69, 9.17) is 4.52 Å². The molecule has 0 atom stereocenters. The second kappa shape index (κ2) is 6.36. The van der Waals surface area contributed by atoms with Gasteiger partial charge in [-0.2, -0.15) is 0 Å². The minimum Gasteiger partial charge on any atom is -0.370 e. The van der Waals surface area contributed by atoms with E-state index in [1.165, 1.54) is 0 Å². The first-order valence-electron chi connectivity index (χ1n) is 6.90. The van der Waals surface area contributed by atoms with Gasteiger partial charge in [-0.15, -0.1) is 0 Å². The van der Waals surface area contributed by atoms with Crippen molar-refractivity contribution in [2.75, 3.05) is 17.2 Å². The summed E-state index contributed by atoms with van der Waals surface area (Å²) < 4.78 is 5.17. The van der Waals surface area contributed by atoms with Crippen molar-refractivity contribution < 1.29 is 4.52 Å². The van der Waals surface area contributed by atoms with Gasteiger partial charge in [-0.05, 0) is 27.2 Å². The van der Waals surface area contributed by atoms with Gasteiger partial charge in [0.15, 0.2) is 0 Å². The van der Waals surface area contributed by atoms with Gasteiger partial charge in [0, 0.05) is 24.2 Å². The summed E-state index contributed by atoms with van der Waals surface area (Å²) in [6.07, 6.45) is 2.44. The van der Waals surface area contributed by atoms with E-state index in [0.29, 0.717) is 6.54 Å². The average molecular weight is 275 g/mol. The molecule has 0 fully saturated rings. The third kappa shape index (κ3) is 2.89. The Balaban J connectivity index is 2.19. The van der Waals surface area contributed by atoms with Crippen molar-refractivity contribution in [1.29, 1.82) is 0 Å². The molecule has 0 bridgehead atoms. The van der Waals surface area contributed by atoms with E-state index in [1.54, 1.807) is 6.33 Å². The molecular formula is C14H21N5O. The van der Waals surface area contributed by atoms with Crippen LogP contribution in [0.3, 0.4) is 0 Å². The Morgan fingerprint density at radius 2 is 1.75 bits per heavy atom. The number of nitrogens with one attached hydrogen (secondary N) is 2. The largest absolute Gasteiger partial charge is 0.370 e. The molecule has 0 spiro atoms. The fourth-order valence-corrected chi connectivity index (χ4v) is 2.15. The van der Waals surface area contributed by atoms with Crippen molar-refractivity contribution in [1.82, 2.24) is 15.1 Å². The van der Waals surface area contributed by atoms with E-state index < -0.39 is 0 Å². The van der Waals surface area contributed by atoms with E-state index in [2.05, 4.69) is 39.6 Å². The first-order valence-corrected chi connectivity index (χ1v) is 6.90. The van der Waals surface area contributed by atoms with Crippen molar-refractivity contribution in [2.45, 2.75) is 40.7 Å². The van der Waals surface area contributed by atoms with Gasteiger partial charge >= 0.3 is 0 Å². The molecule has 0 amide bonds. The number of hydrogen-bond acceptors (Lipinski definition) is 6. The summed E-state index contributed by atoms with van der Waals surface area (Å²) in [6, 6.07) is 0. The molecular weight excluding hydrogens is 254 g/mol. The zero-order valence-corrected chi connectivity index (χ0v) is 12.4. The summed E-state index contributed by atoms with van der Waals surface area (Å²) in [7, 11) is 0. The van der Waals surface area contributed by atoms with Gasteiger partial charge in [0.2, 0.25) is 0 Å². The SMILES string of the molecule is CCNc1ncnc(NCc2c(C)noc2C)c1CC. The molecule has 0 unspecified atom stereocenters. The molecule has 2 aromatic heterocycles. The third-order valence-electron chi connectivity index (χ3n) is 3.26. The standard InChI is InChI=1S/C14H21N5O/c1-5-11-13(15-6-2)17-8-18-14(11)16-7-12-9(3)19-20-10(12)4/h8H,5-7H2,1-4H3,(H2,15,16,17,18). The van der Waals surface area contributed by atoms with Crippen molar-refractivity contribution in [3.05, 3.63) is 28.9 Å². The highest BCUT2D eigenvalue weighted by Crippen LogP contribution is 2.22. The normalized spacial score (nSPS) is 10.6. The van der Waals surface area contributed by atoms with Gasteiger partial charge in [-0.25, -0.2) is 9.97 Å². The fourth-order valence-electron chi connectivity index (χ4n) is 2.15. The van der Waals surface area contributed by atoms with E-state index in [9.17, 15) is 0 Å². The Labute approximate surface area is 119 Å². The van der Waals surface area contributed by atoms with Crippen LogP contribution in [0.4, 0.5) is 11.6 Å². The van der Waals surface area contributed by atoms with Crippen LogP contribution in [0.2, 0.25) is 0 Å². The molecule has 2 aromatic rings. The Kier molecular flexibility index (Phi) is 4.55. The number of anilines is 2. The van der Waals surface area contributed by atoms with E-state index in [-0.39, 0.29) is 0 Å². The number of rotatable bonds is 6. The number of aromatic nitrogens is 3. The number of hydrogen-bond donors (Lipinski definition) is 2. The van der Waals surface area contributed by atoms with Crippen molar-refractivity contribution in [3.8, 4) is 0 Å². The lowest BCUT2D eigenvalue weighted by Gasteiger charge is -2.13. The van der Waals surface area contributed by atoms with Crippen LogP contribution in [0.25, 0.3) is 0 Å². The molecule has 6 nitrogen and oxygen atoms in total. The molecule has 2 N–H and O–H groups in total. The van der Waals surface area contributed by atoms with Crippen molar-refractivity contribution >= 4 is 11.6 Å². The molecule has 20 heavy (non-hydrogen) atoms. The lowest BCUT2D eigenvalue weighted by atomic mass is 10.2. The average Bonchev–Trinajstić information content (AvgIpc) is 2.76. The Hall–Kier alpha value is -2.11. The topological polar surface area (TPSA) is 75.9 Å². The zero-order chi connectivity index (χ0) is 14.5. The lowest BCUT2D eigenvalue weighted by Crippen LogP contribution is -2.10. The van der Waals surface area contributed by atoms with Crippen LogP contribution in [0.1, 0.15) is 36.4 Å². The second-order valence-corrected chi connectivity index (χ2v) is 4.59. The minimum absolute atomic E-state index is 0.650. The summed E-state index contributed by atoms with van der Waals surface area (Å²) in [5.74, 6) is 2.60. The van der Waals surface area contributed by atoms with Gasteiger partial charge < -0.3 is 15.2 Å². The Morgan fingerprint density at radius 3 is 2.30 bits per heavy atom. The molecule has 0 aliphatic heterocycles. The van der Waals surface area contributed by atoms with Gasteiger partial charge in [0.05, 0.1) is 5.69 Å². The monoisotopic (exact) mass is 275 g/mol. The smallest absolute Gasteiger partial charge is 0.138 e. The maximum atomic E-state index is 5.17. The third-order valence-corrected chi connectivity index (χ3v) is 3.26. The minimum atomic E-state index is 0.650. The van der Waals surface area contributed by atoms with Crippen LogP contribution in [0.15, 0.2) is 10.9 Å². The predicted molar refractivity (Wildman–Crippen MR) is 78.9 cm³/mol. The van der Waals surface area contributed by atoms with Crippen molar-refractivity contribution in [3.63, 3.8) is 0 Å².